The summed E-state index contributed by atoms with van der Waals surface area (Å²) in [6.07, 6.45) is 8.79. The summed E-state index contributed by atoms with van der Waals surface area (Å²) in [5.41, 5.74) is 18.7. The maximum Gasteiger partial charge on any atom is 0.135 e. The molecule has 15 rings (SSSR count). The van der Waals surface area contributed by atoms with Gasteiger partial charge in [0, 0.05) is 72.2 Å². The van der Waals surface area contributed by atoms with Crippen molar-refractivity contribution < 1.29 is 25.8 Å². The van der Waals surface area contributed by atoms with Gasteiger partial charge in [-0.1, -0.05) is 92.2 Å². The van der Waals surface area contributed by atoms with Crippen LogP contribution in [0.2, 0.25) is 0 Å². The molecular weight excluding hydrogens is 1040 g/mol. The van der Waals surface area contributed by atoms with Gasteiger partial charge in [0.25, 0.3) is 0 Å². The second kappa shape index (κ2) is 16.1. The average molecular weight is 1090 g/mol. The fraction of sp³-hybridized carbons (Fsp3) is 0.250. The normalized spacial score (nSPS) is 22.3. The molecule has 1 aliphatic heterocycles. The number of para-hydroxylation sites is 3. The number of rotatable bonds is 7. The number of pyridine rings is 1. The second-order valence-corrected chi connectivity index (χ2v) is 21.5. The third kappa shape index (κ3) is 6.35. The predicted molar refractivity (Wildman–Crippen MR) is 280 cm³/mol. The van der Waals surface area contributed by atoms with Crippen LogP contribution in [0.25, 0.3) is 38.8 Å². The first-order valence-electron chi connectivity index (χ1n) is 25.1. The molecule has 9 aromatic rings. The molecule has 0 amide bonds. The molecule has 0 unspecified atom stereocenters. The number of nitrogens with zero attached hydrogens (tertiary/aromatic N) is 4. The van der Waals surface area contributed by atoms with Crippen LogP contribution in [0.1, 0.15) is 84.9 Å². The van der Waals surface area contributed by atoms with Crippen LogP contribution in [-0.2, 0) is 31.9 Å². The van der Waals surface area contributed by atoms with E-state index in [0.717, 1.165) is 56.8 Å². The quantitative estimate of drug-likeness (QED) is 0.149. The minimum atomic E-state index is -0.0906. The van der Waals surface area contributed by atoms with Crippen molar-refractivity contribution >= 4 is 44.6 Å². The molecule has 6 heteroatoms. The fourth-order valence-corrected chi connectivity index (χ4v) is 14.4. The third-order valence-corrected chi connectivity index (χ3v) is 17.5. The van der Waals surface area contributed by atoms with Crippen LogP contribution >= 0.6 is 0 Å². The van der Waals surface area contributed by atoms with Crippen LogP contribution < -0.4 is 14.5 Å². The van der Waals surface area contributed by atoms with Crippen molar-refractivity contribution in [3.05, 3.63) is 210 Å². The van der Waals surface area contributed by atoms with Gasteiger partial charge in [0.15, 0.2) is 0 Å². The second-order valence-electron chi connectivity index (χ2n) is 21.5. The van der Waals surface area contributed by atoms with Gasteiger partial charge in [-0.2, -0.15) is 12.1 Å². The first-order chi connectivity index (χ1) is 33.6. The molecule has 4 bridgehead atoms. The minimum absolute atomic E-state index is 0. The van der Waals surface area contributed by atoms with Crippen LogP contribution in [0.15, 0.2) is 152 Å². The maximum atomic E-state index is 6.77. The van der Waals surface area contributed by atoms with E-state index in [1.165, 1.54) is 87.6 Å². The molecule has 5 aliphatic carbocycles. The Labute approximate surface area is 426 Å². The smallest absolute Gasteiger partial charge is 0.135 e. The van der Waals surface area contributed by atoms with E-state index in [1.807, 2.05) is 12.1 Å². The van der Waals surface area contributed by atoms with Gasteiger partial charge in [0.05, 0.1) is 0 Å². The van der Waals surface area contributed by atoms with Gasteiger partial charge in [0.2, 0.25) is 0 Å². The molecule has 4 saturated carbocycles. The van der Waals surface area contributed by atoms with E-state index in [4.69, 9.17) is 9.72 Å². The Bertz CT molecular complexity index is 3530. The zero-order chi connectivity index (χ0) is 46.3. The molecule has 350 valence electrons. The van der Waals surface area contributed by atoms with E-state index in [0.29, 0.717) is 23.3 Å². The molecule has 2 aromatic heterocycles. The Morgan fingerprint density at radius 1 is 0.600 bits per heavy atom. The van der Waals surface area contributed by atoms with E-state index in [2.05, 4.69) is 207 Å². The number of benzene rings is 7. The molecule has 0 radical (unpaired) electrons. The Balaban J connectivity index is 0.00000480. The standard InChI is InChI=1S/C64H55N4O.Pt/c1-39-27-45(28-40(2)41(39)3)64(46-30-42-29-43(32-46)33-47(64)31-42)44-25-26-65-62(34-44)68-58-18-9-7-16-54(58)55-24-22-51(37-61(55)68)69-50-14-12-13-48(35-50)66-38-67(60-20-11-10-19-59(60)66)49-21-23-53-52-15-6-8-17-56(52)63(4,5)57(53)36-49;/h6-28,34,36,38,42-43,46-47H,29-33H2,1-5H3;/q-3;. The van der Waals surface area contributed by atoms with Gasteiger partial charge in [-0.05, 0) is 174 Å². The molecule has 0 saturated heterocycles. The van der Waals surface area contributed by atoms with Crippen LogP contribution in [0.4, 0.5) is 22.7 Å². The fourth-order valence-electron chi connectivity index (χ4n) is 14.4. The molecule has 0 atom stereocenters. The van der Waals surface area contributed by atoms with Crippen molar-refractivity contribution in [1.29, 1.82) is 0 Å². The molecule has 3 heterocycles. The van der Waals surface area contributed by atoms with Gasteiger partial charge in [-0.3, -0.25) is 0 Å². The third-order valence-electron chi connectivity index (χ3n) is 17.5. The molecule has 6 aliphatic rings. The summed E-state index contributed by atoms with van der Waals surface area (Å²) in [5, 5.41) is 2.30. The number of aryl methyl sites for hydroxylation is 2. The Morgan fingerprint density at radius 2 is 1.29 bits per heavy atom. The van der Waals surface area contributed by atoms with Gasteiger partial charge >= 0.3 is 0 Å². The number of fused-ring (bicyclic) bond motifs is 7. The zero-order valence-corrected chi connectivity index (χ0v) is 42.6. The molecule has 5 nitrogen and oxygen atoms in total. The summed E-state index contributed by atoms with van der Waals surface area (Å²) in [7, 11) is 0. The van der Waals surface area contributed by atoms with Gasteiger partial charge in [-0.25, -0.2) is 4.98 Å². The summed E-state index contributed by atoms with van der Waals surface area (Å²) in [6.45, 7) is 13.8. The first kappa shape index (κ1) is 43.6. The van der Waals surface area contributed by atoms with Gasteiger partial charge in [0.1, 0.15) is 5.82 Å². The van der Waals surface area contributed by atoms with E-state index in [-0.39, 0.29) is 31.9 Å². The first-order valence-corrected chi connectivity index (χ1v) is 25.1. The average Bonchev–Trinajstić information content (AvgIpc) is 3.99. The number of ether oxygens (including phenoxy) is 1. The van der Waals surface area contributed by atoms with Crippen LogP contribution in [-0.4, -0.2) is 9.55 Å². The van der Waals surface area contributed by atoms with Crippen molar-refractivity contribution in [3.8, 4) is 28.4 Å². The number of hydrogen-bond donors (Lipinski definition) is 0. The van der Waals surface area contributed by atoms with Crippen molar-refractivity contribution in [2.24, 2.45) is 23.7 Å². The van der Waals surface area contributed by atoms with Crippen molar-refractivity contribution in [1.82, 2.24) is 9.55 Å². The van der Waals surface area contributed by atoms with Crippen molar-refractivity contribution in [2.45, 2.75) is 77.6 Å². The van der Waals surface area contributed by atoms with E-state index in [1.54, 1.807) is 0 Å². The van der Waals surface area contributed by atoms with Gasteiger partial charge in [-0.15, -0.1) is 48.1 Å². The summed E-state index contributed by atoms with van der Waals surface area (Å²) in [4.78, 5) is 9.72. The molecule has 0 spiro atoms. The summed E-state index contributed by atoms with van der Waals surface area (Å²) in [5.74, 6) is 5.16. The summed E-state index contributed by atoms with van der Waals surface area (Å²) in [6, 6.07) is 60.7. The molecule has 0 N–H and O–H groups in total. The number of hydrogen-bond acceptors (Lipinski definition) is 4. The zero-order valence-electron chi connectivity index (χ0n) is 40.4. The SMILES string of the molecule is Cc1cc(C2(c3ccnc(-n4c5[c-]c(Oc6[c-]c(N7[CH-]N(c8ccc9c(c8)C(C)(C)c8ccccc8-9)c8ccccc87)ccc6)ccc5c5ccccc54)c3)C3CC4CC(C3)CC2C4)cc(C)c1C.[Pt]. The van der Waals surface area contributed by atoms with Crippen LogP contribution in [0.5, 0.6) is 11.5 Å². The van der Waals surface area contributed by atoms with E-state index >= 15 is 0 Å². The molecule has 7 aromatic carbocycles. The van der Waals surface area contributed by atoms with Crippen molar-refractivity contribution in [2.75, 3.05) is 9.80 Å². The minimum Gasteiger partial charge on any atom is -0.509 e. The predicted octanol–water partition coefficient (Wildman–Crippen LogP) is 16.0. The summed E-state index contributed by atoms with van der Waals surface area (Å²) >= 11 is 0. The number of aromatic nitrogens is 2. The van der Waals surface area contributed by atoms with E-state index in [9.17, 15) is 0 Å². The summed E-state index contributed by atoms with van der Waals surface area (Å²) < 4.78 is 9.09. The van der Waals surface area contributed by atoms with Crippen LogP contribution in [0.3, 0.4) is 0 Å². The monoisotopic (exact) mass is 1090 g/mol. The van der Waals surface area contributed by atoms with Crippen LogP contribution in [0, 0.1) is 63.2 Å². The Kier molecular flexibility index (Phi) is 10.00. The molecule has 4 fully saturated rings. The topological polar surface area (TPSA) is 33.5 Å². The van der Waals surface area contributed by atoms with E-state index < -0.39 is 0 Å². The Hall–Kier alpha value is -6.42. The maximum absolute atomic E-state index is 6.77. The molecule has 70 heavy (non-hydrogen) atoms. The van der Waals surface area contributed by atoms with Gasteiger partial charge < -0.3 is 19.1 Å². The molecular formula is C64H55N4OPt-3. The number of anilines is 4. The van der Waals surface area contributed by atoms with Crippen molar-refractivity contribution in [3.63, 3.8) is 0 Å². The largest absolute Gasteiger partial charge is 0.509 e. The Morgan fingerprint density at radius 3 is 2.07 bits per heavy atom.